The lowest BCUT2D eigenvalue weighted by Gasteiger charge is -2.32. The summed E-state index contributed by atoms with van der Waals surface area (Å²) >= 11 is 0. The van der Waals surface area contributed by atoms with Crippen LogP contribution in [0.3, 0.4) is 0 Å². The highest BCUT2D eigenvalue weighted by Crippen LogP contribution is 2.33. The fraction of sp³-hybridized carbons (Fsp3) is 0.857. The summed E-state index contributed by atoms with van der Waals surface area (Å²) in [6.07, 6.45) is 7.54. The maximum absolute atomic E-state index is 12.6. The van der Waals surface area contributed by atoms with Gasteiger partial charge in [0, 0.05) is 12.0 Å². The summed E-state index contributed by atoms with van der Waals surface area (Å²) in [6, 6.07) is -0.162. The number of esters is 1. The molecule has 0 radical (unpaired) electrons. The van der Waals surface area contributed by atoms with E-state index in [2.05, 4.69) is 0 Å². The fourth-order valence-corrected chi connectivity index (χ4v) is 2.88. The lowest BCUT2D eigenvalue weighted by atomic mass is 9.88. The predicted molar refractivity (Wildman–Crippen MR) is 67.9 cm³/mol. The van der Waals surface area contributed by atoms with Crippen LogP contribution in [0.1, 0.15) is 51.9 Å². The average molecular weight is 253 g/mol. The molecule has 2 fully saturated rings. The van der Waals surface area contributed by atoms with Gasteiger partial charge in [0.15, 0.2) is 0 Å². The highest BCUT2D eigenvalue weighted by Gasteiger charge is 2.41. The van der Waals surface area contributed by atoms with Crippen LogP contribution in [0, 0.1) is 5.92 Å². The molecule has 2 aliphatic rings. The summed E-state index contributed by atoms with van der Waals surface area (Å²) in [4.78, 5) is 26.0. The highest BCUT2D eigenvalue weighted by atomic mass is 16.5. The number of hydrogen-bond donors (Lipinski definition) is 0. The largest absolute Gasteiger partial charge is 0.467 e. The molecule has 0 aliphatic heterocycles. The molecule has 2 saturated carbocycles. The summed E-state index contributed by atoms with van der Waals surface area (Å²) in [5.41, 5.74) is 0. The van der Waals surface area contributed by atoms with Gasteiger partial charge in [-0.05, 0) is 32.6 Å². The number of rotatable bonds is 4. The number of methoxy groups -OCH3 is 1. The van der Waals surface area contributed by atoms with Gasteiger partial charge in [-0.3, -0.25) is 4.79 Å². The van der Waals surface area contributed by atoms with Crippen molar-refractivity contribution in [3.05, 3.63) is 0 Å². The number of hydrogen-bond acceptors (Lipinski definition) is 3. The van der Waals surface area contributed by atoms with Crippen molar-refractivity contribution < 1.29 is 14.3 Å². The molecule has 0 N–H and O–H groups in total. The molecule has 18 heavy (non-hydrogen) atoms. The Bertz CT molecular complexity index is 319. The summed E-state index contributed by atoms with van der Waals surface area (Å²) < 4.78 is 4.78. The topological polar surface area (TPSA) is 46.6 Å². The second-order valence-corrected chi connectivity index (χ2v) is 5.51. The van der Waals surface area contributed by atoms with Gasteiger partial charge in [-0.25, -0.2) is 4.79 Å². The van der Waals surface area contributed by atoms with E-state index in [9.17, 15) is 9.59 Å². The second kappa shape index (κ2) is 5.72. The summed E-state index contributed by atoms with van der Waals surface area (Å²) in [5.74, 6) is 0.00705. The number of amides is 1. The molecule has 4 nitrogen and oxygen atoms in total. The molecule has 0 spiro atoms. The van der Waals surface area contributed by atoms with Crippen molar-refractivity contribution in [2.75, 3.05) is 7.11 Å². The van der Waals surface area contributed by atoms with E-state index in [0.29, 0.717) is 0 Å². The van der Waals surface area contributed by atoms with Crippen LogP contribution < -0.4 is 0 Å². The van der Waals surface area contributed by atoms with Crippen molar-refractivity contribution in [1.82, 2.24) is 4.90 Å². The maximum Gasteiger partial charge on any atom is 0.328 e. The number of ether oxygens (including phenoxy) is 1. The second-order valence-electron chi connectivity index (χ2n) is 5.51. The van der Waals surface area contributed by atoms with Gasteiger partial charge in [-0.2, -0.15) is 0 Å². The average Bonchev–Trinajstić information content (AvgIpc) is 3.23. The first-order chi connectivity index (χ1) is 8.65. The van der Waals surface area contributed by atoms with E-state index < -0.39 is 6.04 Å². The molecule has 0 unspecified atom stereocenters. The number of carbonyl (C=O) groups excluding carboxylic acids is 2. The first-order valence-corrected chi connectivity index (χ1v) is 7.05. The minimum absolute atomic E-state index is 0.131. The fourth-order valence-electron chi connectivity index (χ4n) is 2.88. The first kappa shape index (κ1) is 13.4. The van der Waals surface area contributed by atoms with E-state index in [1.807, 2.05) is 0 Å². The monoisotopic (exact) mass is 253 g/mol. The lowest BCUT2D eigenvalue weighted by molar-refractivity contribution is -0.154. The van der Waals surface area contributed by atoms with E-state index >= 15 is 0 Å². The third-order valence-corrected chi connectivity index (χ3v) is 4.11. The Morgan fingerprint density at radius 1 is 1.11 bits per heavy atom. The zero-order chi connectivity index (χ0) is 13.1. The van der Waals surface area contributed by atoms with E-state index in [-0.39, 0.29) is 23.8 Å². The minimum Gasteiger partial charge on any atom is -0.467 e. The van der Waals surface area contributed by atoms with E-state index in [4.69, 9.17) is 4.74 Å². The molecule has 1 atom stereocenters. The van der Waals surface area contributed by atoms with Gasteiger partial charge in [0.05, 0.1) is 7.11 Å². The van der Waals surface area contributed by atoms with Crippen LogP contribution in [0.4, 0.5) is 0 Å². The van der Waals surface area contributed by atoms with Gasteiger partial charge >= 0.3 is 5.97 Å². The van der Waals surface area contributed by atoms with E-state index in [1.54, 1.807) is 11.8 Å². The first-order valence-electron chi connectivity index (χ1n) is 7.05. The molecular weight excluding hydrogens is 230 g/mol. The summed E-state index contributed by atoms with van der Waals surface area (Å²) in [7, 11) is 1.38. The van der Waals surface area contributed by atoms with Crippen LogP contribution >= 0.6 is 0 Å². The molecule has 4 heteroatoms. The van der Waals surface area contributed by atoms with Crippen LogP contribution in [0.5, 0.6) is 0 Å². The molecule has 0 heterocycles. The summed E-state index contributed by atoms with van der Waals surface area (Å²) in [5, 5.41) is 0. The van der Waals surface area contributed by atoms with Gasteiger partial charge in [-0.15, -0.1) is 0 Å². The minimum atomic E-state index is -0.433. The van der Waals surface area contributed by atoms with Crippen molar-refractivity contribution in [2.24, 2.45) is 5.92 Å². The Kier molecular flexibility index (Phi) is 4.25. The Balaban J connectivity index is 2.04. The SMILES string of the molecule is COC(=O)[C@@H](C)N(C(=O)C1CCCCC1)C1CC1. The summed E-state index contributed by atoms with van der Waals surface area (Å²) in [6.45, 7) is 1.78. The molecule has 0 aromatic rings. The number of nitrogens with zero attached hydrogens (tertiary/aromatic N) is 1. The van der Waals surface area contributed by atoms with Crippen molar-refractivity contribution in [3.63, 3.8) is 0 Å². The van der Waals surface area contributed by atoms with Crippen LogP contribution in [0.15, 0.2) is 0 Å². The third-order valence-electron chi connectivity index (χ3n) is 4.11. The molecule has 0 aromatic heterocycles. The molecule has 0 saturated heterocycles. The van der Waals surface area contributed by atoms with Gasteiger partial charge in [-0.1, -0.05) is 19.3 Å². The van der Waals surface area contributed by atoms with Crippen LogP contribution in [-0.4, -0.2) is 36.0 Å². The Morgan fingerprint density at radius 2 is 1.72 bits per heavy atom. The van der Waals surface area contributed by atoms with Crippen molar-refractivity contribution >= 4 is 11.9 Å². The maximum atomic E-state index is 12.6. The lowest BCUT2D eigenvalue weighted by Crippen LogP contribution is -2.48. The van der Waals surface area contributed by atoms with Crippen LogP contribution in [0.2, 0.25) is 0 Å². The molecule has 0 aromatic carbocycles. The van der Waals surface area contributed by atoms with Crippen molar-refractivity contribution in [3.8, 4) is 0 Å². The quantitative estimate of drug-likeness (QED) is 0.721. The molecule has 0 bridgehead atoms. The smallest absolute Gasteiger partial charge is 0.328 e. The van der Waals surface area contributed by atoms with Crippen molar-refractivity contribution in [2.45, 2.75) is 64.0 Å². The van der Waals surface area contributed by atoms with Gasteiger partial charge in [0.2, 0.25) is 5.91 Å². The predicted octanol–water partition coefficient (Wildman–Crippen LogP) is 2.12. The third kappa shape index (κ3) is 2.85. The zero-order valence-electron chi connectivity index (χ0n) is 11.4. The van der Waals surface area contributed by atoms with Gasteiger partial charge < -0.3 is 9.64 Å². The number of carbonyl (C=O) groups is 2. The van der Waals surface area contributed by atoms with E-state index in [1.165, 1.54) is 13.5 Å². The van der Waals surface area contributed by atoms with Crippen LogP contribution in [0.25, 0.3) is 0 Å². The standard InChI is InChI=1S/C14H23NO3/c1-10(14(17)18-2)15(12-8-9-12)13(16)11-6-4-3-5-7-11/h10-12H,3-9H2,1-2H3/t10-/m1/s1. The molecule has 1 amide bonds. The Morgan fingerprint density at radius 3 is 2.22 bits per heavy atom. The van der Waals surface area contributed by atoms with Gasteiger partial charge in [0.25, 0.3) is 0 Å². The molecule has 2 aliphatic carbocycles. The van der Waals surface area contributed by atoms with Crippen molar-refractivity contribution in [1.29, 1.82) is 0 Å². The van der Waals surface area contributed by atoms with Crippen LogP contribution in [-0.2, 0) is 14.3 Å². The highest BCUT2D eigenvalue weighted by molar-refractivity contribution is 5.86. The van der Waals surface area contributed by atoms with Gasteiger partial charge in [0.1, 0.15) is 6.04 Å². The Hall–Kier alpha value is -1.06. The normalized spacial score (nSPS) is 22.3. The Labute approximate surface area is 109 Å². The molecule has 102 valence electrons. The van der Waals surface area contributed by atoms with E-state index in [0.717, 1.165) is 38.5 Å². The molecule has 2 rings (SSSR count). The molecular formula is C14H23NO3. The zero-order valence-corrected chi connectivity index (χ0v) is 11.4.